The fraction of sp³-hybridized carbons (Fsp3) is 0.0526. The molecule has 3 rings (SSSR count). The topological polar surface area (TPSA) is 0 Å². The quantitative estimate of drug-likeness (QED) is 0.529. The average molecular weight is 355 g/mol. The highest BCUT2D eigenvalue weighted by Crippen LogP contribution is 2.50. The molecule has 2 aromatic rings. The molecule has 0 aromatic heterocycles. The van der Waals surface area contributed by atoms with E-state index in [2.05, 4.69) is 95.3 Å². The molecule has 0 aliphatic heterocycles. The summed E-state index contributed by atoms with van der Waals surface area (Å²) in [5.41, 5.74) is 0. The molecule has 2 aromatic carbocycles. The second-order valence-electron chi connectivity index (χ2n) is 4.86. The van der Waals surface area contributed by atoms with Crippen LogP contribution in [0.5, 0.6) is 0 Å². The lowest BCUT2D eigenvalue weighted by Crippen LogP contribution is -2.12. The smallest absolute Gasteiger partial charge is 0.0272 e. The average Bonchev–Trinajstić information content (AvgIpc) is 2.91. The summed E-state index contributed by atoms with van der Waals surface area (Å²) in [4.78, 5) is 0. The van der Waals surface area contributed by atoms with Crippen LogP contribution in [0, 0.1) is 5.92 Å². The second kappa shape index (κ2) is 6.56. The van der Waals surface area contributed by atoms with Crippen molar-refractivity contribution in [2.45, 2.75) is 0 Å². The maximum atomic E-state index is 3.92. The van der Waals surface area contributed by atoms with Crippen molar-refractivity contribution < 1.29 is 0 Å². The van der Waals surface area contributed by atoms with Gasteiger partial charge in [-0.05, 0) is 23.8 Å². The van der Waals surface area contributed by atoms with Gasteiger partial charge in [0.25, 0.3) is 0 Å². The van der Waals surface area contributed by atoms with E-state index >= 15 is 0 Å². The van der Waals surface area contributed by atoms with Gasteiger partial charge < -0.3 is 0 Å². The maximum Gasteiger partial charge on any atom is 0.0272 e. The molecule has 0 amide bonds. The Morgan fingerprint density at radius 3 is 1.86 bits per heavy atom. The van der Waals surface area contributed by atoms with Gasteiger partial charge in [-0.2, -0.15) is 0 Å². The van der Waals surface area contributed by atoms with Gasteiger partial charge in [0, 0.05) is 10.4 Å². The van der Waals surface area contributed by atoms with Gasteiger partial charge in [0.2, 0.25) is 0 Å². The van der Waals surface area contributed by atoms with Crippen LogP contribution in [0.2, 0.25) is 0 Å². The summed E-state index contributed by atoms with van der Waals surface area (Å²) in [6, 6.07) is 21.5. The summed E-state index contributed by atoms with van der Waals surface area (Å²) in [5, 5.41) is 4.13. The lowest BCUT2D eigenvalue weighted by Gasteiger charge is -2.20. The molecule has 0 saturated carbocycles. The molecule has 21 heavy (non-hydrogen) atoms. The van der Waals surface area contributed by atoms with E-state index in [0.717, 1.165) is 0 Å². The molecule has 2 heteroatoms. The van der Waals surface area contributed by atoms with Crippen molar-refractivity contribution in [3.63, 3.8) is 0 Å². The Kier molecular flexibility index (Phi) is 4.53. The summed E-state index contributed by atoms with van der Waals surface area (Å²) in [6.07, 6.45) is 6.45. The molecule has 0 nitrogen and oxygen atoms in total. The van der Waals surface area contributed by atoms with E-state index in [1.54, 1.807) is 0 Å². The first-order valence-corrected chi connectivity index (χ1v) is 9.05. The Morgan fingerprint density at radius 1 is 0.905 bits per heavy atom. The third kappa shape index (κ3) is 2.95. The highest BCUT2D eigenvalue weighted by molar-refractivity contribution is 9.11. The Bertz CT molecular complexity index is 647. The number of hydrogen-bond donors (Lipinski definition) is 0. The largest absolute Gasteiger partial charge is 0.102 e. The zero-order chi connectivity index (χ0) is 14.7. The number of halogens is 1. The summed E-state index contributed by atoms with van der Waals surface area (Å²) in [6.45, 7) is 3.92. The van der Waals surface area contributed by atoms with Gasteiger partial charge in [0.05, 0.1) is 0 Å². The number of benzene rings is 2. The minimum absolute atomic E-state index is 0.303. The molecule has 0 radical (unpaired) electrons. The maximum absolute atomic E-state index is 3.92. The molecule has 1 atom stereocenters. The summed E-state index contributed by atoms with van der Waals surface area (Å²) >= 11 is 3.79. The van der Waals surface area contributed by atoms with Crippen molar-refractivity contribution in [2.24, 2.45) is 5.92 Å². The molecule has 1 aliphatic rings. The van der Waals surface area contributed by atoms with Crippen LogP contribution in [0.25, 0.3) is 0 Å². The first-order chi connectivity index (χ1) is 10.3. The summed E-state index contributed by atoms with van der Waals surface area (Å²) < 4.78 is 1.25. The molecule has 0 spiro atoms. The predicted octanol–water partition coefficient (Wildman–Crippen LogP) is 5.10. The van der Waals surface area contributed by atoms with E-state index in [0.29, 0.717) is 5.92 Å². The monoisotopic (exact) mass is 354 g/mol. The van der Waals surface area contributed by atoms with Crippen LogP contribution in [0.3, 0.4) is 0 Å². The van der Waals surface area contributed by atoms with Gasteiger partial charge in [-0.25, -0.2) is 0 Å². The van der Waals surface area contributed by atoms with Gasteiger partial charge in [0.1, 0.15) is 0 Å². The lowest BCUT2D eigenvalue weighted by molar-refractivity contribution is 1.08. The molecule has 0 bridgehead atoms. The van der Waals surface area contributed by atoms with Crippen molar-refractivity contribution in [3.05, 3.63) is 95.3 Å². The van der Waals surface area contributed by atoms with Gasteiger partial charge in [0.15, 0.2) is 0 Å². The van der Waals surface area contributed by atoms with Crippen molar-refractivity contribution in [1.29, 1.82) is 0 Å². The molecular weight excluding hydrogens is 339 g/mol. The van der Waals surface area contributed by atoms with Crippen molar-refractivity contribution in [1.82, 2.24) is 0 Å². The van der Waals surface area contributed by atoms with E-state index in [4.69, 9.17) is 0 Å². The van der Waals surface area contributed by atoms with Crippen LogP contribution in [0.15, 0.2) is 95.3 Å². The van der Waals surface area contributed by atoms with Crippen LogP contribution in [0.1, 0.15) is 0 Å². The zero-order valence-corrected chi connectivity index (χ0v) is 14.1. The van der Waals surface area contributed by atoms with Crippen molar-refractivity contribution >= 4 is 34.5 Å². The van der Waals surface area contributed by atoms with Crippen molar-refractivity contribution in [3.8, 4) is 0 Å². The minimum Gasteiger partial charge on any atom is -0.102 e. The first-order valence-electron chi connectivity index (χ1n) is 6.92. The van der Waals surface area contributed by atoms with Crippen LogP contribution in [0.4, 0.5) is 0 Å². The second-order valence-corrected chi connectivity index (χ2v) is 7.90. The lowest BCUT2D eigenvalue weighted by atomic mass is 10.2. The van der Waals surface area contributed by atoms with Crippen molar-refractivity contribution in [2.75, 3.05) is 0 Å². The number of hydrogen-bond acceptors (Lipinski definition) is 0. The van der Waals surface area contributed by atoms with Gasteiger partial charge >= 0.3 is 0 Å². The Morgan fingerprint density at radius 2 is 1.43 bits per heavy atom. The Labute approximate surface area is 135 Å². The van der Waals surface area contributed by atoms with E-state index in [9.17, 15) is 0 Å². The van der Waals surface area contributed by atoms with E-state index < -0.39 is 7.92 Å². The molecule has 1 unspecified atom stereocenters. The normalized spacial score (nSPS) is 17.5. The van der Waals surface area contributed by atoms with E-state index in [1.165, 1.54) is 20.4 Å². The Hall–Kier alpha value is -1.43. The van der Waals surface area contributed by atoms with Crippen LogP contribution < -0.4 is 10.6 Å². The van der Waals surface area contributed by atoms with Crippen LogP contribution >= 0.6 is 23.9 Å². The SMILES string of the molecule is C=CC1C=CC(P(c2ccccc2)c2ccccc2)=C1Br. The third-order valence-corrected chi connectivity index (χ3v) is 7.29. The summed E-state index contributed by atoms with van der Waals surface area (Å²) in [5.74, 6) is 0.303. The molecule has 1 aliphatic carbocycles. The fourth-order valence-corrected chi connectivity index (χ4v) is 5.87. The van der Waals surface area contributed by atoms with Gasteiger partial charge in [-0.1, -0.05) is 94.8 Å². The standard InChI is InChI=1S/C19H16BrP/c1-2-15-13-14-18(19(15)20)21(16-9-5-3-6-10-16)17-11-7-4-8-12-17/h2-15H,1H2. The highest BCUT2D eigenvalue weighted by atomic mass is 79.9. The fourth-order valence-electron chi connectivity index (χ4n) is 2.47. The van der Waals surface area contributed by atoms with E-state index in [1.807, 2.05) is 6.08 Å². The molecule has 104 valence electrons. The predicted molar refractivity (Wildman–Crippen MR) is 97.9 cm³/mol. The number of rotatable bonds is 4. The van der Waals surface area contributed by atoms with E-state index in [-0.39, 0.29) is 0 Å². The molecule has 0 heterocycles. The highest BCUT2D eigenvalue weighted by Gasteiger charge is 2.25. The minimum atomic E-state index is -0.526. The molecule has 0 saturated heterocycles. The first kappa shape index (κ1) is 14.5. The number of allylic oxidation sites excluding steroid dienone is 5. The molecule has 0 fully saturated rings. The van der Waals surface area contributed by atoms with Crippen LogP contribution in [-0.2, 0) is 0 Å². The Balaban J connectivity index is 2.13. The molecular formula is C19H16BrP. The van der Waals surface area contributed by atoms with Gasteiger partial charge in [-0.15, -0.1) is 6.58 Å². The summed E-state index contributed by atoms with van der Waals surface area (Å²) in [7, 11) is -0.526. The van der Waals surface area contributed by atoms with Crippen LogP contribution in [-0.4, -0.2) is 0 Å². The zero-order valence-electron chi connectivity index (χ0n) is 11.6. The third-order valence-electron chi connectivity index (χ3n) is 3.52. The molecule has 0 N–H and O–H groups in total. The van der Waals surface area contributed by atoms with Gasteiger partial charge in [-0.3, -0.25) is 0 Å².